The monoisotopic (exact) mass is 194 g/mol. The molecule has 72 valence electrons. The van der Waals surface area contributed by atoms with Gasteiger partial charge in [0.2, 0.25) is 0 Å². The van der Waals surface area contributed by atoms with E-state index in [2.05, 4.69) is 4.74 Å². The summed E-state index contributed by atoms with van der Waals surface area (Å²) in [5.41, 5.74) is 4.94. The number of halogens is 1. The summed E-state index contributed by atoms with van der Waals surface area (Å²) in [5.74, 6) is -0.382. The molecule has 2 N–H and O–H groups in total. The molecule has 0 aliphatic carbocycles. The smallest absolute Gasteiger partial charge is 0.409 e. The molecule has 0 heterocycles. The van der Waals surface area contributed by atoms with Gasteiger partial charge in [0.05, 0.1) is 12.5 Å². The molecule has 0 spiro atoms. The van der Waals surface area contributed by atoms with E-state index in [0.717, 1.165) is 6.07 Å². The van der Waals surface area contributed by atoms with E-state index >= 15 is 0 Å². The SMILES string of the molecule is N#CCc1cc(OC(N)=O)ccc1F. The van der Waals surface area contributed by atoms with Gasteiger partial charge in [0.25, 0.3) is 0 Å². The van der Waals surface area contributed by atoms with Gasteiger partial charge in [-0.1, -0.05) is 0 Å². The average molecular weight is 194 g/mol. The fraction of sp³-hybridized carbons (Fsp3) is 0.111. The van der Waals surface area contributed by atoms with Crippen LogP contribution in [-0.4, -0.2) is 6.09 Å². The molecule has 0 aliphatic rings. The van der Waals surface area contributed by atoms with Crippen molar-refractivity contribution in [2.45, 2.75) is 6.42 Å². The number of benzene rings is 1. The van der Waals surface area contributed by atoms with Crippen LogP contribution in [0.1, 0.15) is 5.56 Å². The van der Waals surface area contributed by atoms with Crippen LogP contribution < -0.4 is 10.5 Å². The van der Waals surface area contributed by atoms with Gasteiger partial charge in [-0.05, 0) is 18.2 Å². The summed E-state index contributed by atoms with van der Waals surface area (Å²) in [7, 11) is 0. The number of hydrogen-bond acceptors (Lipinski definition) is 3. The molecule has 0 radical (unpaired) electrons. The molecule has 0 aliphatic heterocycles. The molecular weight excluding hydrogens is 187 g/mol. The van der Waals surface area contributed by atoms with Crippen molar-refractivity contribution in [3.8, 4) is 11.8 Å². The normalized spacial score (nSPS) is 9.14. The summed E-state index contributed by atoms with van der Waals surface area (Å²) >= 11 is 0. The van der Waals surface area contributed by atoms with Crippen LogP contribution in [-0.2, 0) is 6.42 Å². The topological polar surface area (TPSA) is 76.1 Å². The van der Waals surface area contributed by atoms with Gasteiger partial charge in [-0.3, -0.25) is 0 Å². The summed E-state index contributed by atoms with van der Waals surface area (Å²) in [5, 5.41) is 8.37. The van der Waals surface area contributed by atoms with Crippen molar-refractivity contribution in [2.24, 2.45) is 5.73 Å². The second-order valence-electron chi connectivity index (χ2n) is 2.51. The zero-order chi connectivity index (χ0) is 10.6. The standard InChI is InChI=1S/C9H7FN2O2/c10-8-2-1-7(14-9(12)13)5-6(8)3-4-11/h1-2,5H,3H2,(H2,12,13). The van der Waals surface area contributed by atoms with Gasteiger partial charge in [0.15, 0.2) is 0 Å². The molecule has 0 unspecified atom stereocenters. The molecule has 0 saturated carbocycles. The maximum Gasteiger partial charge on any atom is 0.409 e. The Labute approximate surface area is 79.7 Å². The van der Waals surface area contributed by atoms with Crippen LogP contribution in [0.4, 0.5) is 9.18 Å². The number of primary amides is 1. The van der Waals surface area contributed by atoms with Crippen LogP contribution in [0.25, 0.3) is 0 Å². The van der Waals surface area contributed by atoms with Crippen LogP contribution in [0.5, 0.6) is 5.75 Å². The van der Waals surface area contributed by atoms with Crippen molar-refractivity contribution in [1.82, 2.24) is 0 Å². The molecule has 5 heteroatoms. The Hall–Kier alpha value is -2.09. The van der Waals surface area contributed by atoms with Crippen LogP contribution in [0.3, 0.4) is 0 Å². The predicted octanol–water partition coefficient (Wildman–Crippen LogP) is 1.35. The summed E-state index contributed by atoms with van der Waals surface area (Å²) in [6.07, 6.45) is -1.05. The highest BCUT2D eigenvalue weighted by atomic mass is 19.1. The van der Waals surface area contributed by atoms with Gasteiger partial charge in [0.1, 0.15) is 11.6 Å². The maximum atomic E-state index is 13.0. The van der Waals surface area contributed by atoms with E-state index in [9.17, 15) is 9.18 Å². The molecule has 0 bridgehead atoms. The number of hydrogen-bond donors (Lipinski definition) is 1. The van der Waals surface area contributed by atoms with Crippen molar-refractivity contribution in [1.29, 1.82) is 5.26 Å². The summed E-state index contributed by atoms with van der Waals surface area (Å²) in [6.45, 7) is 0. The average Bonchev–Trinajstić information content (AvgIpc) is 2.10. The Bertz CT molecular complexity index is 398. The number of carbonyl (C=O) groups excluding carboxylic acids is 1. The third-order valence-electron chi connectivity index (χ3n) is 1.51. The number of carbonyl (C=O) groups is 1. The van der Waals surface area contributed by atoms with E-state index in [0.29, 0.717) is 0 Å². The Morgan fingerprint density at radius 1 is 1.64 bits per heavy atom. The molecular formula is C9H7FN2O2. The number of rotatable bonds is 2. The van der Waals surface area contributed by atoms with Gasteiger partial charge < -0.3 is 10.5 Å². The van der Waals surface area contributed by atoms with Crippen LogP contribution >= 0.6 is 0 Å². The molecule has 1 aromatic carbocycles. The highest BCUT2D eigenvalue weighted by Gasteiger charge is 2.05. The highest BCUT2D eigenvalue weighted by molar-refractivity contribution is 5.68. The van der Waals surface area contributed by atoms with Crippen molar-refractivity contribution in [3.63, 3.8) is 0 Å². The third-order valence-corrected chi connectivity index (χ3v) is 1.51. The number of amides is 1. The molecule has 1 amide bonds. The third kappa shape index (κ3) is 2.45. The first-order valence-electron chi connectivity index (χ1n) is 3.76. The minimum absolute atomic E-state index is 0.0816. The zero-order valence-corrected chi connectivity index (χ0v) is 7.16. The Morgan fingerprint density at radius 2 is 2.36 bits per heavy atom. The molecule has 4 nitrogen and oxygen atoms in total. The lowest BCUT2D eigenvalue weighted by Gasteiger charge is -2.02. The number of nitrogens with two attached hydrogens (primary N) is 1. The summed E-state index contributed by atoms with van der Waals surface area (Å²) in [4.78, 5) is 10.4. The first-order chi connectivity index (χ1) is 6.63. The van der Waals surface area contributed by atoms with Gasteiger partial charge in [-0.15, -0.1) is 0 Å². The Morgan fingerprint density at radius 3 is 2.93 bits per heavy atom. The first kappa shape index (κ1) is 9.99. The molecule has 14 heavy (non-hydrogen) atoms. The van der Waals surface area contributed by atoms with E-state index in [1.165, 1.54) is 12.1 Å². The molecule has 0 aromatic heterocycles. The Balaban J connectivity index is 2.95. The van der Waals surface area contributed by atoms with Crippen LogP contribution in [0, 0.1) is 17.1 Å². The van der Waals surface area contributed by atoms with Gasteiger partial charge in [-0.25, -0.2) is 9.18 Å². The van der Waals surface area contributed by atoms with Crippen LogP contribution in [0.15, 0.2) is 18.2 Å². The van der Waals surface area contributed by atoms with E-state index in [-0.39, 0.29) is 17.7 Å². The largest absolute Gasteiger partial charge is 0.410 e. The molecule has 1 aromatic rings. The van der Waals surface area contributed by atoms with Gasteiger partial charge in [-0.2, -0.15) is 5.26 Å². The molecule has 0 fully saturated rings. The lowest BCUT2D eigenvalue weighted by Crippen LogP contribution is -2.16. The van der Waals surface area contributed by atoms with Gasteiger partial charge in [0, 0.05) is 5.56 Å². The fourth-order valence-electron chi connectivity index (χ4n) is 0.951. The summed E-state index contributed by atoms with van der Waals surface area (Å²) in [6, 6.07) is 5.44. The quantitative estimate of drug-likeness (QED) is 0.771. The van der Waals surface area contributed by atoms with Crippen molar-refractivity contribution in [3.05, 3.63) is 29.6 Å². The lowest BCUT2D eigenvalue weighted by molar-refractivity contribution is 0.211. The first-order valence-corrected chi connectivity index (χ1v) is 3.76. The number of nitrogens with zero attached hydrogens (tertiary/aromatic N) is 1. The maximum absolute atomic E-state index is 13.0. The zero-order valence-electron chi connectivity index (χ0n) is 7.16. The number of nitriles is 1. The van der Waals surface area contributed by atoms with Crippen molar-refractivity contribution < 1.29 is 13.9 Å². The van der Waals surface area contributed by atoms with Crippen molar-refractivity contribution >= 4 is 6.09 Å². The van der Waals surface area contributed by atoms with E-state index < -0.39 is 11.9 Å². The molecule has 1 rings (SSSR count). The molecule has 0 atom stereocenters. The highest BCUT2D eigenvalue weighted by Crippen LogP contribution is 2.17. The second kappa shape index (κ2) is 4.23. The lowest BCUT2D eigenvalue weighted by atomic mass is 10.1. The second-order valence-corrected chi connectivity index (χ2v) is 2.51. The van der Waals surface area contributed by atoms with E-state index in [1.54, 1.807) is 6.07 Å². The minimum Gasteiger partial charge on any atom is -0.410 e. The van der Waals surface area contributed by atoms with Gasteiger partial charge >= 0.3 is 6.09 Å². The van der Waals surface area contributed by atoms with E-state index in [4.69, 9.17) is 11.0 Å². The fourth-order valence-corrected chi connectivity index (χ4v) is 0.951. The van der Waals surface area contributed by atoms with Crippen LogP contribution in [0.2, 0.25) is 0 Å². The summed E-state index contributed by atoms with van der Waals surface area (Å²) < 4.78 is 17.5. The number of ether oxygens (including phenoxy) is 1. The van der Waals surface area contributed by atoms with Crippen molar-refractivity contribution in [2.75, 3.05) is 0 Å². The predicted molar refractivity (Wildman–Crippen MR) is 45.9 cm³/mol. The minimum atomic E-state index is -0.973. The Kier molecular flexibility index (Phi) is 3.02. The van der Waals surface area contributed by atoms with E-state index in [1.807, 2.05) is 0 Å². The molecule has 0 saturated heterocycles.